The topological polar surface area (TPSA) is 17.8 Å². The van der Waals surface area contributed by atoms with Crippen LogP contribution in [0, 0.1) is 13.8 Å². The van der Waals surface area contributed by atoms with Gasteiger partial charge in [-0.15, -0.1) is 11.3 Å². The van der Waals surface area contributed by atoms with E-state index in [1.807, 2.05) is 0 Å². The lowest BCUT2D eigenvalue weighted by atomic mass is 9.95. The molecule has 2 heterocycles. The molecule has 0 saturated heterocycles. The molecule has 0 bridgehead atoms. The minimum atomic E-state index is 0.975. The van der Waals surface area contributed by atoms with Crippen molar-refractivity contribution in [3.63, 3.8) is 0 Å². The number of hydrogen-bond donors (Lipinski definition) is 0. The molecule has 0 aliphatic rings. The van der Waals surface area contributed by atoms with Gasteiger partial charge in [0.05, 0.1) is 16.7 Å². The monoisotopic (exact) mass is 506 g/mol. The zero-order valence-electron chi connectivity index (χ0n) is 21.3. The van der Waals surface area contributed by atoms with Crippen molar-refractivity contribution in [2.75, 3.05) is 0 Å². The first-order valence-corrected chi connectivity index (χ1v) is 13.8. The molecule has 3 heteroatoms. The van der Waals surface area contributed by atoms with E-state index in [0.717, 1.165) is 22.5 Å². The molecule has 7 rings (SSSR count). The smallest absolute Gasteiger partial charge is 0.147 e. The second kappa shape index (κ2) is 9.13. The van der Waals surface area contributed by atoms with Crippen LogP contribution in [0.15, 0.2) is 121 Å². The molecule has 182 valence electrons. The molecule has 0 atom stereocenters. The molecule has 7 aromatic rings. The van der Waals surface area contributed by atoms with Crippen LogP contribution in [0.2, 0.25) is 0 Å². The van der Waals surface area contributed by atoms with Gasteiger partial charge in [-0.1, -0.05) is 103 Å². The van der Waals surface area contributed by atoms with Gasteiger partial charge in [-0.3, -0.25) is 4.57 Å². The third-order valence-electron chi connectivity index (χ3n) is 7.23. The summed E-state index contributed by atoms with van der Waals surface area (Å²) in [6.07, 6.45) is 0. The quantitative estimate of drug-likeness (QED) is 0.232. The van der Waals surface area contributed by atoms with Crippen molar-refractivity contribution in [1.82, 2.24) is 9.55 Å². The van der Waals surface area contributed by atoms with Crippen molar-refractivity contribution in [3.05, 3.63) is 132 Å². The lowest BCUT2D eigenvalue weighted by Crippen LogP contribution is -2.03. The molecule has 0 aliphatic heterocycles. The molecule has 0 saturated carbocycles. The summed E-state index contributed by atoms with van der Waals surface area (Å²) < 4.78 is 3.71. The highest BCUT2D eigenvalue weighted by molar-refractivity contribution is 7.18. The van der Waals surface area contributed by atoms with Crippen molar-refractivity contribution in [3.8, 4) is 39.3 Å². The summed E-state index contributed by atoms with van der Waals surface area (Å²) in [5.74, 6) is 0.975. The van der Waals surface area contributed by atoms with Gasteiger partial charge in [0, 0.05) is 32.2 Å². The molecule has 0 unspecified atom stereocenters. The Labute approximate surface area is 226 Å². The van der Waals surface area contributed by atoms with E-state index < -0.39 is 0 Å². The maximum atomic E-state index is 5.28. The van der Waals surface area contributed by atoms with Gasteiger partial charge in [0.1, 0.15) is 5.82 Å². The normalized spacial score (nSPS) is 11.4. The summed E-state index contributed by atoms with van der Waals surface area (Å²) in [5, 5.41) is 3.55. The van der Waals surface area contributed by atoms with Crippen LogP contribution < -0.4 is 0 Å². The number of aromatic nitrogens is 2. The van der Waals surface area contributed by atoms with E-state index in [2.05, 4.69) is 139 Å². The Morgan fingerprint density at radius 1 is 0.632 bits per heavy atom. The van der Waals surface area contributed by atoms with E-state index in [1.54, 1.807) is 11.3 Å². The largest absolute Gasteiger partial charge is 0.291 e. The lowest BCUT2D eigenvalue weighted by molar-refractivity contribution is 1.11. The molecule has 0 aliphatic carbocycles. The lowest BCUT2D eigenvalue weighted by Gasteiger charge is -2.19. The number of thiophene rings is 1. The molecular formula is C35H26N2S. The van der Waals surface area contributed by atoms with Crippen molar-refractivity contribution in [2.45, 2.75) is 13.8 Å². The Kier molecular flexibility index (Phi) is 5.45. The molecule has 0 amide bonds. The van der Waals surface area contributed by atoms with Gasteiger partial charge in [0.15, 0.2) is 0 Å². The number of rotatable bonds is 4. The van der Waals surface area contributed by atoms with E-state index in [0.29, 0.717) is 0 Å². The average molecular weight is 507 g/mol. The van der Waals surface area contributed by atoms with Crippen LogP contribution in [-0.4, -0.2) is 9.55 Å². The summed E-state index contributed by atoms with van der Waals surface area (Å²) in [6.45, 7) is 4.38. The highest BCUT2D eigenvalue weighted by Crippen LogP contribution is 2.43. The molecule has 2 nitrogen and oxygen atoms in total. The number of hydrogen-bond acceptors (Lipinski definition) is 2. The van der Waals surface area contributed by atoms with E-state index in [1.165, 1.54) is 49.0 Å². The zero-order valence-corrected chi connectivity index (χ0v) is 22.2. The molecule has 0 radical (unpaired) electrons. The molecule has 0 spiro atoms. The van der Waals surface area contributed by atoms with Crippen molar-refractivity contribution >= 4 is 32.5 Å². The van der Waals surface area contributed by atoms with E-state index in [9.17, 15) is 0 Å². The molecule has 5 aromatic carbocycles. The van der Waals surface area contributed by atoms with Crippen molar-refractivity contribution in [2.24, 2.45) is 0 Å². The minimum Gasteiger partial charge on any atom is -0.291 e. The summed E-state index contributed by atoms with van der Waals surface area (Å²) in [5.41, 5.74) is 11.7. The SMILES string of the molecule is Cc1cc(C)c2scc(-c3nc4ccccc4n3-c3c(-c4ccccc4)cccc3-c3ccccc3)c2c1. The number of para-hydroxylation sites is 3. The first-order chi connectivity index (χ1) is 18.7. The Hall–Kier alpha value is -4.47. The van der Waals surface area contributed by atoms with Gasteiger partial charge in [-0.2, -0.15) is 0 Å². The second-order valence-corrected chi connectivity index (χ2v) is 10.7. The summed E-state index contributed by atoms with van der Waals surface area (Å²) in [4.78, 5) is 5.28. The van der Waals surface area contributed by atoms with Gasteiger partial charge >= 0.3 is 0 Å². The number of imidazole rings is 1. The Bertz CT molecular complexity index is 1870. The molecular weight excluding hydrogens is 480 g/mol. The zero-order chi connectivity index (χ0) is 25.6. The van der Waals surface area contributed by atoms with Crippen LogP contribution in [0.4, 0.5) is 0 Å². The maximum absolute atomic E-state index is 5.28. The molecule has 0 fully saturated rings. The fraction of sp³-hybridized carbons (Fsp3) is 0.0571. The summed E-state index contributed by atoms with van der Waals surface area (Å²) in [6, 6.07) is 41.1. The van der Waals surface area contributed by atoms with Gasteiger partial charge < -0.3 is 0 Å². The van der Waals surface area contributed by atoms with Gasteiger partial charge in [0.25, 0.3) is 0 Å². The highest BCUT2D eigenvalue weighted by atomic mass is 32.1. The predicted molar refractivity (Wildman–Crippen MR) is 162 cm³/mol. The van der Waals surface area contributed by atoms with Gasteiger partial charge in [0.2, 0.25) is 0 Å². The van der Waals surface area contributed by atoms with E-state index in [4.69, 9.17) is 4.98 Å². The van der Waals surface area contributed by atoms with Crippen LogP contribution in [-0.2, 0) is 0 Å². The van der Waals surface area contributed by atoms with Crippen LogP contribution >= 0.6 is 11.3 Å². The second-order valence-electron chi connectivity index (χ2n) is 9.80. The van der Waals surface area contributed by atoms with Crippen LogP contribution in [0.5, 0.6) is 0 Å². The average Bonchev–Trinajstić information content (AvgIpc) is 3.55. The first kappa shape index (κ1) is 22.7. The maximum Gasteiger partial charge on any atom is 0.147 e. The third-order valence-corrected chi connectivity index (χ3v) is 8.37. The standard InChI is InChI=1S/C35H26N2S/c1-23-20-24(2)34-29(21-23)30(22-38-34)35-36-31-18-9-10-19-32(31)37(35)33-27(25-12-5-3-6-13-25)16-11-17-28(33)26-14-7-4-8-15-26/h3-22H,1-2H3. The van der Waals surface area contributed by atoms with Crippen LogP contribution in [0.3, 0.4) is 0 Å². The first-order valence-electron chi connectivity index (χ1n) is 12.9. The highest BCUT2D eigenvalue weighted by Gasteiger charge is 2.23. The molecule has 2 aromatic heterocycles. The summed E-state index contributed by atoms with van der Waals surface area (Å²) >= 11 is 1.81. The number of fused-ring (bicyclic) bond motifs is 2. The van der Waals surface area contributed by atoms with Crippen LogP contribution in [0.25, 0.3) is 60.4 Å². The Morgan fingerprint density at radius 3 is 1.95 bits per heavy atom. The minimum absolute atomic E-state index is 0.975. The Balaban J connectivity index is 1.63. The van der Waals surface area contributed by atoms with Gasteiger partial charge in [-0.25, -0.2) is 4.98 Å². The van der Waals surface area contributed by atoms with Crippen LogP contribution in [0.1, 0.15) is 11.1 Å². The van der Waals surface area contributed by atoms with E-state index >= 15 is 0 Å². The number of aryl methyl sites for hydroxylation is 2. The van der Waals surface area contributed by atoms with Gasteiger partial charge in [-0.05, 0) is 48.7 Å². The Morgan fingerprint density at radius 2 is 1.26 bits per heavy atom. The van der Waals surface area contributed by atoms with Crippen molar-refractivity contribution < 1.29 is 0 Å². The summed E-state index contributed by atoms with van der Waals surface area (Å²) in [7, 11) is 0. The van der Waals surface area contributed by atoms with Crippen molar-refractivity contribution in [1.29, 1.82) is 0 Å². The predicted octanol–water partition coefficient (Wildman–Crippen LogP) is 9.86. The fourth-order valence-corrected chi connectivity index (χ4v) is 6.59. The molecule has 38 heavy (non-hydrogen) atoms. The fourth-order valence-electron chi connectivity index (χ4n) is 5.58. The molecule has 0 N–H and O–H groups in total. The number of benzene rings is 5. The van der Waals surface area contributed by atoms with E-state index in [-0.39, 0.29) is 0 Å². The number of nitrogens with zero attached hydrogens (tertiary/aromatic N) is 2. The third kappa shape index (κ3) is 3.67.